The molecule has 3 saturated heterocycles. The maximum atomic E-state index is 9.83. The molecular weight excluding hydrogens is 208 g/mol. The molecule has 5 nitrogen and oxygen atoms in total. The van der Waals surface area contributed by atoms with Gasteiger partial charge >= 0.3 is 0 Å². The van der Waals surface area contributed by atoms with E-state index in [0.29, 0.717) is 0 Å². The van der Waals surface area contributed by atoms with Crippen LogP contribution >= 0.6 is 0 Å². The molecule has 2 atom stereocenters. The number of likely N-dealkylation sites (tertiary alicyclic amines) is 1. The Hall–Kier alpha value is -0.200. The van der Waals surface area contributed by atoms with E-state index < -0.39 is 0 Å². The molecule has 0 amide bonds. The van der Waals surface area contributed by atoms with Gasteiger partial charge in [0.15, 0.2) is 5.79 Å². The van der Waals surface area contributed by atoms with E-state index in [4.69, 9.17) is 9.47 Å². The number of ether oxygens (including phenoxy) is 2. The zero-order chi connectivity index (χ0) is 11.0. The average Bonchev–Trinajstić information content (AvgIpc) is 2.90. The van der Waals surface area contributed by atoms with Crippen LogP contribution in [0.25, 0.3) is 0 Å². The first-order chi connectivity index (χ1) is 7.79. The van der Waals surface area contributed by atoms with Gasteiger partial charge < -0.3 is 19.9 Å². The first-order valence-electron chi connectivity index (χ1n) is 6.20. The summed E-state index contributed by atoms with van der Waals surface area (Å²) in [6.45, 7) is 5.00. The van der Waals surface area contributed by atoms with E-state index >= 15 is 0 Å². The van der Waals surface area contributed by atoms with Gasteiger partial charge in [0, 0.05) is 45.1 Å². The highest BCUT2D eigenvalue weighted by Crippen LogP contribution is 2.32. The number of nitrogens with zero attached hydrogens (tertiary/aromatic N) is 1. The number of hydrogen-bond acceptors (Lipinski definition) is 5. The predicted molar refractivity (Wildman–Crippen MR) is 58.1 cm³/mol. The Morgan fingerprint density at radius 3 is 2.38 bits per heavy atom. The fraction of sp³-hybridized carbons (Fsp3) is 1.00. The number of piperidine rings is 1. The largest absolute Gasteiger partial charge is 0.390 e. The van der Waals surface area contributed by atoms with E-state index in [-0.39, 0.29) is 17.9 Å². The Labute approximate surface area is 95.7 Å². The number of aliphatic hydroxyl groups excluding tert-OH is 1. The van der Waals surface area contributed by atoms with Crippen molar-refractivity contribution in [3.63, 3.8) is 0 Å². The third-order valence-electron chi connectivity index (χ3n) is 3.99. The van der Waals surface area contributed by atoms with Crippen molar-refractivity contribution in [1.82, 2.24) is 10.2 Å². The Bertz CT molecular complexity index is 246. The zero-order valence-corrected chi connectivity index (χ0v) is 9.52. The van der Waals surface area contributed by atoms with Crippen LogP contribution in [0, 0.1) is 0 Å². The van der Waals surface area contributed by atoms with Gasteiger partial charge in [-0.25, -0.2) is 0 Å². The van der Waals surface area contributed by atoms with Gasteiger partial charge in [0.05, 0.1) is 19.3 Å². The lowest BCUT2D eigenvalue weighted by Gasteiger charge is -2.40. The van der Waals surface area contributed by atoms with Crippen LogP contribution in [-0.2, 0) is 9.47 Å². The Morgan fingerprint density at radius 1 is 1.12 bits per heavy atom. The van der Waals surface area contributed by atoms with Gasteiger partial charge in [-0.2, -0.15) is 0 Å². The third kappa shape index (κ3) is 1.87. The van der Waals surface area contributed by atoms with Crippen molar-refractivity contribution in [2.45, 2.75) is 30.8 Å². The van der Waals surface area contributed by atoms with Crippen molar-refractivity contribution in [1.29, 1.82) is 0 Å². The quantitative estimate of drug-likeness (QED) is 0.613. The van der Waals surface area contributed by atoms with Gasteiger partial charge in [-0.3, -0.25) is 4.90 Å². The standard InChI is InChI=1S/C11H20N2O3/c14-10-8-12-7-9(10)13-3-1-11(2-4-13)15-5-6-16-11/h9-10,12,14H,1-8H2/t9-,10-/m1/s1. The number of rotatable bonds is 1. The molecule has 3 aliphatic heterocycles. The molecular formula is C11H20N2O3. The van der Waals surface area contributed by atoms with Crippen molar-refractivity contribution in [3.05, 3.63) is 0 Å². The van der Waals surface area contributed by atoms with Gasteiger partial charge in [0.2, 0.25) is 0 Å². The summed E-state index contributed by atoms with van der Waals surface area (Å²) in [5.74, 6) is -0.298. The van der Waals surface area contributed by atoms with Crippen molar-refractivity contribution in [2.75, 3.05) is 39.4 Å². The van der Waals surface area contributed by atoms with Gasteiger partial charge in [-0.1, -0.05) is 0 Å². The highest BCUT2D eigenvalue weighted by molar-refractivity contribution is 4.92. The summed E-state index contributed by atoms with van der Waals surface area (Å²) in [6, 6.07) is 0.277. The molecule has 0 unspecified atom stereocenters. The maximum Gasteiger partial charge on any atom is 0.170 e. The lowest BCUT2D eigenvalue weighted by Crippen LogP contribution is -2.52. The molecule has 0 bridgehead atoms. The van der Waals surface area contributed by atoms with Crippen molar-refractivity contribution in [2.24, 2.45) is 0 Å². The molecule has 3 fully saturated rings. The Morgan fingerprint density at radius 2 is 1.81 bits per heavy atom. The van der Waals surface area contributed by atoms with Crippen LogP contribution in [0.5, 0.6) is 0 Å². The smallest absolute Gasteiger partial charge is 0.170 e. The van der Waals surface area contributed by atoms with Crippen LogP contribution < -0.4 is 5.32 Å². The third-order valence-corrected chi connectivity index (χ3v) is 3.99. The number of aliphatic hydroxyl groups is 1. The number of β-amino-alcohol motifs (C(OH)–C–C–N with tert-alkyl or cyclic N) is 1. The second-order valence-corrected chi connectivity index (χ2v) is 4.94. The van der Waals surface area contributed by atoms with Crippen molar-refractivity contribution in [3.8, 4) is 0 Å². The molecule has 3 heterocycles. The predicted octanol–water partition coefficient (Wildman–Crippen LogP) is -0.842. The van der Waals surface area contributed by atoms with Crippen molar-refractivity contribution < 1.29 is 14.6 Å². The molecule has 0 saturated carbocycles. The van der Waals surface area contributed by atoms with Gasteiger partial charge in [0.25, 0.3) is 0 Å². The van der Waals surface area contributed by atoms with Crippen LogP contribution in [0.1, 0.15) is 12.8 Å². The minimum Gasteiger partial charge on any atom is -0.390 e. The molecule has 2 N–H and O–H groups in total. The molecule has 3 aliphatic rings. The number of nitrogens with one attached hydrogen (secondary N) is 1. The molecule has 1 spiro atoms. The van der Waals surface area contributed by atoms with E-state index in [0.717, 1.165) is 52.2 Å². The van der Waals surface area contributed by atoms with E-state index in [1.807, 2.05) is 0 Å². The molecule has 5 heteroatoms. The van der Waals surface area contributed by atoms with Crippen LogP contribution in [0.3, 0.4) is 0 Å². The van der Waals surface area contributed by atoms with Crippen molar-refractivity contribution >= 4 is 0 Å². The second-order valence-electron chi connectivity index (χ2n) is 4.94. The Balaban J connectivity index is 1.57. The molecule has 0 aromatic carbocycles. The van der Waals surface area contributed by atoms with Gasteiger partial charge in [-0.05, 0) is 0 Å². The lowest BCUT2D eigenvalue weighted by molar-refractivity contribution is -0.189. The molecule has 0 aromatic rings. The minimum atomic E-state index is -0.298. The van der Waals surface area contributed by atoms with Crippen LogP contribution in [0.4, 0.5) is 0 Å². The number of hydrogen-bond donors (Lipinski definition) is 2. The summed E-state index contributed by atoms with van der Waals surface area (Å²) >= 11 is 0. The highest BCUT2D eigenvalue weighted by atomic mass is 16.7. The second kappa shape index (κ2) is 4.23. The SMILES string of the molecule is O[C@@H]1CNC[C@H]1N1CCC2(CC1)OCCO2. The van der Waals surface area contributed by atoms with E-state index in [9.17, 15) is 5.11 Å². The first kappa shape index (κ1) is 10.9. The molecule has 0 radical (unpaired) electrons. The van der Waals surface area contributed by atoms with Gasteiger partial charge in [0.1, 0.15) is 0 Å². The van der Waals surface area contributed by atoms with Crippen LogP contribution in [0.15, 0.2) is 0 Å². The summed E-state index contributed by atoms with van der Waals surface area (Å²) in [5.41, 5.74) is 0. The molecule has 3 rings (SSSR count). The summed E-state index contributed by atoms with van der Waals surface area (Å²) in [5, 5.41) is 13.1. The summed E-state index contributed by atoms with van der Waals surface area (Å²) in [4.78, 5) is 2.36. The van der Waals surface area contributed by atoms with E-state index in [1.54, 1.807) is 0 Å². The Kier molecular flexibility index (Phi) is 2.89. The topological polar surface area (TPSA) is 54.0 Å². The fourth-order valence-corrected chi connectivity index (χ4v) is 3.01. The normalized spacial score (nSPS) is 39.6. The molecule has 16 heavy (non-hydrogen) atoms. The summed E-state index contributed by atoms with van der Waals surface area (Å²) < 4.78 is 11.4. The van der Waals surface area contributed by atoms with Crippen LogP contribution in [0.2, 0.25) is 0 Å². The first-order valence-corrected chi connectivity index (χ1v) is 6.20. The minimum absolute atomic E-state index is 0.223. The molecule has 92 valence electrons. The summed E-state index contributed by atoms with van der Waals surface area (Å²) in [6.07, 6.45) is 1.63. The van der Waals surface area contributed by atoms with E-state index in [1.165, 1.54) is 0 Å². The molecule has 0 aliphatic carbocycles. The average molecular weight is 228 g/mol. The highest BCUT2D eigenvalue weighted by Gasteiger charge is 2.42. The van der Waals surface area contributed by atoms with Gasteiger partial charge in [-0.15, -0.1) is 0 Å². The fourth-order valence-electron chi connectivity index (χ4n) is 3.01. The maximum absolute atomic E-state index is 9.83. The monoisotopic (exact) mass is 228 g/mol. The van der Waals surface area contributed by atoms with Crippen LogP contribution in [-0.4, -0.2) is 67.3 Å². The molecule has 0 aromatic heterocycles. The summed E-state index contributed by atoms with van der Waals surface area (Å²) in [7, 11) is 0. The van der Waals surface area contributed by atoms with E-state index in [2.05, 4.69) is 10.2 Å². The lowest BCUT2D eigenvalue weighted by atomic mass is 10.0. The zero-order valence-electron chi connectivity index (χ0n) is 9.52.